The van der Waals surface area contributed by atoms with Gasteiger partial charge in [-0.2, -0.15) is 0 Å². The van der Waals surface area contributed by atoms with Crippen LogP contribution in [0.5, 0.6) is 0 Å². The predicted octanol–water partition coefficient (Wildman–Crippen LogP) is 2.34. The van der Waals surface area contributed by atoms with Crippen molar-refractivity contribution in [2.45, 2.75) is 32.4 Å². The van der Waals surface area contributed by atoms with Crippen molar-refractivity contribution in [3.63, 3.8) is 0 Å². The maximum Gasteiger partial charge on any atom is 0.220 e. The SMILES string of the molecule is CC(NC(=O)CCCCl)c1cccc(CN)c1. The summed E-state index contributed by atoms with van der Waals surface area (Å²) in [4.78, 5) is 11.5. The van der Waals surface area contributed by atoms with E-state index in [0.29, 0.717) is 25.3 Å². The van der Waals surface area contributed by atoms with Gasteiger partial charge in [-0.3, -0.25) is 4.79 Å². The normalized spacial score (nSPS) is 12.2. The molecule has 1 atom stereocenters. The minimum atomic E-state index is 0.00401. The number of nitrogens with one attached hydrogen (secondary N) is 1. The Morgan fingerprint density at radius 2 is 2.29 bits per heavy atom. The summed E-state index contributed by atoms with van der Waals surface area (Å²) >= 11 is 5.54. The number of alkyl halides is 1. The summed E-state index contributed by atoms with van der Waals surface area (Å²) < 4.78 is 0. The lowest BCUT2D eigenvalue weighted by Gasteiger charge is -2.15. The van der Waals surface area contributed by atoms with Gasteiger partial charge in [-0.15, -0.1) is 11.6 Å². The zero-order chi connectivity index (χ0) is 12.7. The van der Waals surface area contributed by atoms with Crippen molar-refractivity contribution in [2.75, 3.05) is 5.88 Å². The molecule has 0 saturated carbocycles. The maximum absolute atomic E-state index is 11.5. The van der Waals surface area contributed by atoms with Gasteiger partial charge in [0.2, 0.25) is 5.91 Å². The van der Waals surface area contributed by atoms with Crippen molar-refractivity contribution in [3.05, 3.63) is 35.4 Å². The average molecular weight is 255 g/mol. The van der Waals surface area contributed by atoms with Crippen LogP contribution in [0.3, 0.4) is 0 Å². The van der Waals surface area contributed by atoms with Crippen LogP contribution in [0.15, 0.2) is 24.3 Å². The molecule has 0 heterocycles. The molecule has 0 bridgehead atoms. The number of hydrogen-bond donors (Lipinski definition) is 2. The second-order valence-corrected chi connectivity index (χ2v) is 4.41. The van der Waals surface area contributed by atoms with Crippen molar-refractivity contribution < 1.29 is 4.79 Å². The number of carbonyl (C=O) groups excluding carboxylic acids is 1. The van der Waals surface area contributed by atoms with Crippen LogP contribution in [0, 0.1) is 0 Å². The smallest absolute Gasteiger partial charge is 0.220 e. The highest BCUT2D eigenvalue weighted by molar-refractivity contribution is 6.17. The fraction of sp³-hybridized carbons (Fsp3) is 0.462. The Bertz CT molecular complexity index is 368. The van der Waals surface area contributed by atoms with Crippen LogP contribution >= 0.6 is 11.6 Å². The molecule has 0 radical (unpaired) electrons. The van der Waals surface area contributed by atoms with E-state index in [9.17, 15) is 4.79 Å². The monoisotopic (exact) mass is 254 g/mol. The summed E-state index contributed by atoms with van der Waals surface area (Å²) in [7, 11) is 0. The summed E-state index contributed by atoms with van der Waals surface area (Å²) in [6, 6.07) is 7.95. The van der Waals surface area contributed by atoms with Crippen LogP contribution in [0.2, 0.25) is 0 Å². The minimum absolute atomic E-state index is 0.00401. The van der Waals surface area contributed by atoms with E-state index < -0.39 is 0 Å². The highest BCUT2D eigenvalue weighted by atomic mass is 35.5. The Hall–Kier alpha value is -1.06. The number of carbonyl (C=O) groups is 1. The van der Waals surface area contributed by atoms with Gasteiger partial charge in [-0.1, -0.05) is 24.3 Å². The predicted molar refractivity (Wildman–Crippen MR) is 70.8 cm³/mol. The molecule has 3 N–H and O–H groups in total. The van der Waals surface area contributed by atoms with Gasteiger partial charge in [0.25, 0.3) is 0 Å². The van der Waals surface area contributed by atoms with E-state index in [0.717, 1.165) is 11.1 Å². The quantitative estimate of drug-likeness (QED) is 0.766. The van der Waals surface area contributed by atoms with Crippen LogP contribution in [-0.4, -0.2) is 11.8 Å². The lowest BCUT2D eigenvalue weighted by atomic mass is 10.0. The van der Waals surface area contributed by atoms with Crippen molar-refractivity contribution >= 4 is 17.5 Å². The molecule has 0 aromatic heterocycles. The van der Waals surface area contributed by atoms with Crippen LogP contribution < -0.4 is 11.1 Å². The largest absolute Gasteiger partial charge is 0.350 e. The summed E-state index contributed by atoms with van der Waals surface area (Å²) in [5.74, 6) is 0.557. The van der Waals surface area contributed by atoms with Crippen LogP contribution in [0.1, 0.15) is 36.9 Å². The average Bonchev–Trinajstić information content (AvgIpc) is 2.36. The fourth-order valence-corrected chi connectivity index (χ4v) is 1.75. The molecule has 3 nitrogen and oxygen atoms in total. The molecule has 94 valence electrons. The third-order valence-corrected chi connectivity index (χ3v) is 2.87. The third-order valence-electron chi connectivity index (χ3n) is 2.60. The Kier molecular flexibility index (Phi) is 6.01. The van der Waals surface area contributed by atoms with Gasteiger partial charge in [0.15, 0.2) is 0 Å². The van der Waals surface area contributed by atoms with Gasteiger partial charge < -0.3 is 11.1 Å². The number of amides is 1. The summed E-state index contributed by atoms with van der Waals surface area (Å²) in [5.41, 5.74) is 7.73. The lowest BCUT2D eigenvalue weighted by molar-refractivity contribution is -0.121. The van der Waals surface area contributed by atoms with E-state index >= 15 is 0 Å². The van der Waals surface area contributed by atoms with E-state index in [4.69, 9.17) is 17.3 Å². The maximum atomic E-state index is 11.5. The molecule has 17 heavy (non-hydrogen) atoms. The number of nitrogens with two attached hydrogens (primary N) is 1. The van der Waals surface area contributed by atoms with Gasteiger partial charge in [-0.25, -0.2) is 0 Å². The molecule has 1 unspecified atom stereocenters. The lowest BCUT2D eigenvalue weighted by Crippen LogP contribution is -2.26. The van der Waals surface area contributed by atoms with Gasteiger partial charge in [-0.05, 0) is 24.5 Å². The molecule has 1 aromatic rings. The highest BCUT2D eigenvalue weighted by Crippen LogP contribution is 2.14. The zero-order valence-electron chi connectivity index (χ0n) is 10.1. The van der Waals surface area contributed by atoms with E-state index in [1.54, 1.807) is 0 Å². The Morgan fingerprint density at radius 1 is 1.53 bits per heavy atom. The Labute approximate surface area is 107 Å². The topological polar surface area (TPSA) is 55.1 Å². The second-order valence-electron chi connectivity index (χ2n) is 4.03. The summed E-state index contributed by atoms with van der Waals surface area (Å²) in [6.45, 7) is 2.48. The Balaban J connectivity index is 2.56. The first-order valence-corrected chi connectivity index (χ1v) is 6.35. The molecule has 0 saturated heterocycles. The molecule has 0 fully saturated rings. The number of halogens is 1. The van der Waals surface area contributed by atoms with E-state index in [1.807, 2.05) is 31.2 Å². The highest BCUT2D eigenvalue weighted by Gasteiger charge is 2.09. The molecule has 1 rings (SSSR count). The van der Waals surface area contributed by atoms with Crippen LogP contribution in [0.4, 0.5) is 0 Å². The second kappa shape index (κ2) is 7.30. The zero-order valence-corrected chi connectivity index (χ0v) is 10.8. The van der Waals surface area contributed by atoms with Gasteiger partial charge in [0.05, 0.1) is 6.04 Å². The van der Waals surface area contributed by atoms with Crippen molar-refractivity contribution in [1.29, 1.82) is 0 Å². The van der Waals surface area contributed by atoms with Crippen molar-refractivity contribution in [1.82, 2.24) is 5.32 Å². The molecule has 1 amide bonds. The molecule has 1 aromatic carbocycles. The number of benzene rings is 1. The number of rotatable bonds is 6. The summed E-state index contributed by atoms with van der Waals surface area (Å²) in [6.07, 6.45) is 1.19. The molecule has 0 aliphatic carbocycles. The molecule has 4 heteroatoms. The van der Waals surface area contributed by atoms with Gasteiger partial charge in [0, 0.05) is 18.8 Å². The molecule has 0 spiro atoms. The Morgan fingerprint density at radius 3 is 2.94 bits per heavy atom. The van der Waals surface area contributed by atoms with Crippen LogP contribution in [0.25, 0.3) is 0 Å². The molecular weight excluding hydrogens is 236 g/mol. The third kappa shape index (κ3) is 4.75. The first-order valence-electron chi connectivity index (χ1n) is 5.81. The minimum Gasteiger partial charge on any atom is -0.350 e. The fourth-order valence-electron chi connectivity index (χ4n) is 1.61. The molecule has 0 aliphatic rings. The number of hydrogen-bond acceptors (Lipinski definition) is 2. The van der Waals surface area contributed by atoms with E-state index in [1.165, 1.54) is 0 Å². The first kappa shape index (κ1) is 14.0. The standard InChI is InChI=1S/C13H19ClN2O/c1-10(16-13(17)6-3-7-14)12-5-2-4-11(8-12)9-15/h2,4-5,8,10H,3,6-7,9,15H2,1H3,(H,16,17). The summed E-state index contributed by atoms with van der Waals surface area (Å²) in [5, 5.41) is 2.94. The van der Waals surface area contributed by atoms with E-state index in [2.05, 4.69) is 5.32 Å². The van der Waals surface area contributed by atoms with Crippen molar-refractivity contribution in [3.8, 4) is 0 Å². The van der Waals surface area contributed by atoms with Gasteiger partial charge >= 0.3 is 0 Å². The van der Waals surface area contributed by atoms with Crippen LogP contribution in [-0.2, 0) is 11.3 Å². The molecular formula is C13H19ClN2O. The van der Waals surface area contributed by atoms with Gasteiger partial charge in [0.1, 0.15) is 0 Å². The first-order chi connectivity index (χ1) is 8.17. The van der Waals surface area contributed by atoms with Crippen molar-refractivity contribution in [2.24, 2.45) is 5.73 Å². The van der Waals surface area contributed by atoms with E-state index in [-0.39, 0.29) is 11.9 Å². The molecule has 0 aliphatic heterocycles.